The van der Waals surface area contributed by atoms with E-state index in [2.05, 4.69) is 10.6 Å². The molecule has 158 valence electrons. The maximum atomic E-state index is 12.8. The van der Waals surface area contributed by atoms with Gasteiger partial charge < -0.3 is 15.4 Å². The van der Waals surface area contributed by atoms with Crippen molar-refractivity contribution in [1.82, 2.24) is 9.47 Å². The number of hydrogen-bond donors (Lipinski definition) is 2. The van der Waals surface area contributed by atoms with E-state index in [-0.39, 0.29) is 24.8 Å². The van der Waals surface area contributed by atoms with Gasteiger partial charge in [-0.3, -0.25) is 19.1 Å². The minimum Gasteiger partial charge on any atom is -0.358 e. The summed E-state index contributed by atoms with van der Waals surface area (Å²) in [4.78, 5) is 38.6. The van der Waals surface area contributed by atoms with E-state index in [4.69, 9.17) is 16.3 Å². The summed E-state index contributed by atoms with van der Waals surface area (Å²) in [5.74, 6) is -0.367. The Hall–Kier alpha value is -3.62. The third-order valence-corrected chi connectivity index (χ3v) is 5.03. The molecule has 0 aliphatic carbocycles. The number of aromatic nitrogens is 1. The average Bonchev–Trinajstić information content (AvgIpc) is 3.27. The first-order chi connectivity index (χ1) is 15.0. The molecule has 1 aromatic heterocycles. The fourth-order valence-electron chi connectivity index (χ4n) is 3.16. The number of carbonyl (C=O) groups is 2. The Bertz CT molecular complexity index is 1150. The van der Waals surface area contributed by atoms with Gasteiger partial charge in [-0.1, -0.05) is 17.7 Å². The van der Waals surface area contributed by atoms with Gasteiger partial charge in [-0.05, 0) is 54.6 Å². The van der Waals surface area contributed by atoms with Crippen molar-refractivity contribution in [3.05, 3.63) is 88.3 Å². The average molecular weight is 439 g/mol. The van der Waals surface area contributed by atoms with Crippen LogP contribution in [0.4, 0.5) is 16.2 Å². The molecule has 0 radical (unpaired) electrons. The van der Waals surface area contributed by atoms with Crippen LogP contribution in [0.1, 0.15) is 0 Å². The van der Waals surface area contributed by atoms with E-state index in [1.807, 2.05) is 0 Å². The van der Waals surface area contributed by atoms with Crippen LogP contribution < -0.4 is 16.2 Å². The Morgan fingerprint density at radius 1 is 0.935 bits per heavy atom. The molecule has 0 bridgehead atoms. The van der Waals surface area contributed by atoms with Gasteiger partial charge in [-0.2, -0.15) is 0 Å². The predicted octanol–water partition coefficient (Wildman–Crippen LogP) is 3.32. The summed E-state index contributed by atoms with van der Waals surface area (Å²) in [6.07, 6.45) is 1.67. The smallest absolute Gasteiger partial charge is 0.324 e. The lowest BCUT2D eigenvalue weighted by atomic mass is 10.2. The molecule has 1 fully saturated rings. The minimum atomic E-state index is -0.774. The molecule has 31 heavy (non-hydrogen) atoms. The first kappa shape index (κ1) is 20.6. The zero-order chi connectivity index (χ0) is 21.8. The van der Waals surface area contributed by atoms with Gasteiger partial charge in [-0.15, -0.1) is 0 Å². The molecule has 0 spiro atoms. The number of pyridine rings is 1. The summed E-state index contributed by atoms with van der Waals surface area (Å²) < 4.78 is 6.84. The van der Waals surface area contributed by atoms with Gasteiger partial charge in [0.05, 0.1) is 6.61 Å². The zero-order valence-electron chi connectivity index (χ0n) is 16.3. The van der Waals surface area contributed by atoms with E-state index in [1.165, 1.54) is 15.5 Å². The highest BCUT2D eigenvalue weighted by atomic mass is 35.5. The van der Waals surface area contributed by atoms with E-state index >= 15 is 0 Å². The molecule has 1 atom stereocenters. The Balaban J connectivity index is 1.41. The van der Waals surface area contributed by atoms with Crippen LogP contribution in [-0.4, -0.2) is 40.8 Å². The van der Waals surface area contributed by atoms with Gasteiger partial charge in [0.1, 0.15) is 12.8 Å². The zero-order valence-corrected chi connectivity index (χ0v) is 17.1. The second-order valence-corrected chi connectivity index (χ2v) is 7.30. The molecule has 3 amide bonds. The van der Waals surface area contributed by atoms with Gasteiger partial charge in [-0.25, -0.2) is 4.79 Å². The van der Waals surface area contributed by atoms with Crippen molar-refractivity contribution >= 4 is 34.9 Å². The minimum absolute atomic E-state index is 0.00731. The Labute approximate surface area is 183 Å². The normalized spacial score (nSPS) is 15.5. The van der Waals surface area contributed by atoms with Crippen LogP contribution >= 0.6 is 11.6 Å². The van der Waals surface area contributed by atoms with Crippen LogP contribution in [0.15, 0.2) is 77.7 Å². The van der Waals surface area contributed by atoms with E-state index in [0.717, 1.165) is 0 Å². The van der Waals surface area contributed by atoms with Crippen LogP contribution in [0, 0.1) is 0 Å². The van der Waals surface area contributed by atoms with Crippen molar-refractivity contribution in [2.24, 2.45) is 0 Å². The molecule has 1 aliphatic heterocycles. The number of rotatable bonds is 4. The Morgan fingerprint density at radius 3 is 2.32 bits per heavy atom. The predicted molar refractivity (Wildman–Crippen MR) is 118 cm³/mol. The summed E-state index contributed by atoms with van der Waals surface area (Å²) in [6.45, 7) is 0.102. The Morgan fingerprint density at radius 2 is 1.61 bits per heavy atom. The van der Waals surface area contributed by atoms with Gasteiger partial charge >= 0.3 is 6.03 Å². The molecule has 4 rings (SSSR count). The molecule has 2 heterocycles. The van der Waals surface area contributed by atoms with E-state index in [9.17, 15) is 14.4 Å². The summed E-state index contributed by atoms with van der Waals surface area (Å²) in [6, 6.07) is 17.2. The highest BCUT2D eigenvalue weighted by Crippen LogP contribution is 2.18. The fraction of sp³-hybridized carbons (Fsp3) is 0.136. The summed E-state index contributed by atoms with van der Waals surface area (Å²) in [7, 11) is 0. The lowest BCUT2D eigenvalue weighted by Gasteiger charge is -2.22. The van der Waals surface area contributed by atoms with Gasteiger partial charge in [0.2, 0.25) is 5.91 Å². The van der Waals surface area contributed by atoms with Crippen molar-refractivity contribution in [2.45, 2.75) is 6.04 Å². The first-order valence-electron chi connectivity index (χ1n) is 9.51. The lowest BCUT2D eigenvalue weighted by molar-refractivity contribution is -0.119. The molecule has 1 aliphatic rings. The maximum absolute atomic E-state index is 12.8. The lowest BCUT2D eigenvalue weighted by Crippen LogP contribution is -2.46. The number of ether oxygens (including phenoxy) is 1. The van der Waals surface area contributed by atoms with Crippen molar-refractivity contribution < 1.29 is 14.3 Å². The molecular weight excluding hydrogens is 420 g/mol. The number of urea groups is 1. The first-order valence-corrected chi connectivity index (χ1v) is 9.89. The third-order valence-electron chi connectivity index (χ3n) is 4.78. The van der Waals surface area contributed by atoms with Crippen LogP contribution in [0.25, 0.3) is 5.69 Å². The SMILES string of the molecule is O=C(Nc1ccc(-n2ccccc2=O)cc1)[C@H]1COCN1C(=O)Nc1ccc(Cl)cc1. The molecule has 1 saturated heterocycles. The number of benzene rings is 2. The van der Waals surface area contributed by atoms with Gasteiger partial charge in [0.15, 0.2) is 0 Å². The molecule has 8 nitrogen and oxygen atoms in total. The molecule has 3 aromatic rings. The van der Waals surface area contributed by atoms with E-state index < -0.39 is 12.1 Å². The monoisotopic (exact) mass is 438 g/mol. The van der Waals surface area contributed by atoms with Crippen LogP contribution in [0.2, 0.25) is 5.02 Å². The second-order valence-electron chi connectivity index (χ2n) is 6.87. The number of carbonyl (C=O) groups excluding carboxylic acids is 2. The number of nitrogens with one attached hydrogen (secondary N) is 2. The van der Waals surface area contributed by atoms with Crippen molar-refractivity contribution in [3.63, 3.8) is 0 Å². The molecular formula is C22H19ClN4O4. The number of nitrogens with zero attached hydrogens (tertiary/aromatic N) is 2. The molecule has 2 aromatic carbocycles. The Kier molecular flexibility index (Phi) is 6.01. The van der Waals surface area contributed by atoms with Crippen molar-refractivity contribution in [3.8, 4) is 5.69 Å². The number of amides is 3. The fourth-order valence-corrected chi connectivity index (χ4v) is 3.29. The number of hydrogen-bond acceptors (Lipinski definition) is 4. The summed E-state index contributed by atoms with van der Waals surface area (Å²) in [5, 5.41) is 6.07. The standard InChI is InChI=1S/C22H19ClN4O4/c23-15-4-6-17(7-5-15)25-22(30)27-14-31-13-19(27)21(29)24-16-8-10-18(11-9-16)26-12-2-1-3-20(26)28/h1-12,19H,13-14H2,(H,24,29)(H,25,30)/t19-/m1/s1. The molecule has 0 saturated carbocycles. The number of anilines is 2. The maximum Gasteiger partial charge on any atom is 0.324 e. The van der Waals surface area contributed by atoms with Crippen LogP contribution in [0.5, 0.6) is 0 Å². The van der Waals surface area contributed by atoms with Crippen molar-refractivity contribution in [2.75, 3.05) is 24.0 Å². The largest absolute Gasteiger partial charge is 0.358 e. The summed E-state index contributed by atoms with van der Waals surface area (Å²) in [5.41, 5.74) is 1.64. The molecule has 2 N–H and O–H groups in total. The third kappa shape index (κ3) is 4.76. The second kappa shape index (κ2) is 9.03. The van der Waals surface area contributed by atoms with Gasteiger partial charge in [0.25, 0.3) is 5.56 Å². The topological polar surface area (TPSA) is 92.7 Å². The van der Waals surface area contributed by atoms with E-state index in [1.54, 1.807) is 66.9 Å². The molecule has 9 heteroatoms. The quantitative estimate of drug-likeness (QED) is 0.653. The molecule has 0 unspecified atom stereocenters. The highest BCUT2D eigenvalue weighted by molar-refractivity contribution is 6.30. The highest BCUT2D eigenvalue weighted by Gasteiger charge is 2.35. The number of halogens is 1. The van der Waals surface area contributed by atoms with Crippen LogP contribution in [-0.2, 0) is 9.53 Å². The van der Waals surface area contributed by atoms with Crippen LogP contribution in [0.3, 0.4) is 0 Å². The van der Waals surface area contributed by atoms with Gasteiger partial charge in [0, 0.05) is 34.3 Å². The van der Waals surface area contributed by atoms with E-state index in [0.29, 0.717) is 22.1 Å². The summed E-state index contributed by atoms with van der Waals surface area (Å²) >= 11 is 5.86. The van der Waals surface area contributed by atoms with Crippen molar-refractivity contribution in [1.29, 1.82) is 0 Å².